The van der Waals surface area contributed by atoms with Crippen LogP contribution in [0, 0.1) is 17.8 Å². The van der Waals surface area contributed by atoms with E-state index >= 15 is 0 Å². The maximum absolute atomic E-state index is 13.3. The molecule has 3 saturated carbocycles. The third-order valence-corrected chi connectivity index (χ3v) is 16.9. The molecule has 0 spiro atoms. The second-order valence-electron chi connectivity index (χ2n) is 22.0. The maximum Gasteiger partial charge on any atom is 0.330 e. The van der Waals surface area contributed by atoms with E-state index in [0.717, 1.165) is 6.08 Å². The predicted molar refractivity (Wildman–Crippen MR) is 252 cm³/mol. The summed E-state index contributed by atoms with van der Waals surface area (Å²) in [4.78, 5) is 13.3. The van der Waals surface area contributed by atoms with Crippen molar-refractivity contribution in [3.8, 4) is 0 Å². The van der Waals surface area contributed by atoms with Crippen LogP contribution in [0.4, 0.5) is 0 Å². The van der Waals surface area contributed by atoms with Gasteiger partial charge in [0.05, 0.1) is 62.4 Å². The fraction of sp³-hybridized carbons (Fsp3) is 0.939. The SMILES string of the molecule is COC1CC(C2[OH+]C3CC(O)CC(O[C@@H]4O[C@H](CO)[C@@H](O)[C@H](O)[C@H]4O)C3CC2O[C@@H]2O[C@H](COC(=O)C=CC3CCC(O[C@@H]4O[C@H](CO)[C@@H](O)[C@H](O)[C@H]4O)C(O)C3)[C@@H](O)[C@H](O)[C@H]2O[C@@H]2O[C@H](CO)[C@@H](O)[C@H](O)[C@H]2O)CCC1O. The minimum atomic E-state index is -2.00. The van der Waals surface area contributed by atoms with Gasteiger partial charge in [-0.2, -0.15) is 0 Å². The van der Waals surface area contributed by atoms with Gasteiger partial charge in [0, 0.05) is 31.9 Å². The third-order valence-electron chi connectivity index (χ3n) is 16.9. The standard InChI is InChI=1S/C49H80O29/c1-68-26-9-18(4-5-21(26)54)44-27(12-20-24(70-44)10-19(53)11-25(20)72-47-42(66)38(62)34(58)29(14-51)75-47)73-49-45(78-48-43(67)39(63)35(59)30(15-52)76-48)40(64)36(60)31(77-49)16-69-32(56)7-3-17-2-6-23(22(55)8-17)71-46-41(65)37(61)33(57)28(13-50)74-46/h3,7,17-31,33-55,57-67H,2,4-6,8-16H2,1H3/p+1/t17?,18?,19?,20?,21?,22?,23?,24?,25?,26?,27?,28-,29-,30-,31-,33-,34-,35-,36-,37+,38+,39+,40+,41-,42-,43-,44?,45-,46-,47-,48+,49-/m1/s1. The summed E-state index contributed by atoms with van der Waals surface area (Å²) in [5.74, 6) is -2.32. The molecular weight excluding hydrogens is 1050 g/mol. The average molecular weight is 1130 g/mol. The van der Waals surface area contributed by atoms with Gasteiger partial charge in [0.1, 0.15) is 110 Å². The fourth-order valence-electron chi connectivity index (χ4n) is 12.3. The lowest BCUT2D eigenvalue weighted by molar-refractivity contribution is -0.390. The van der Waals surface area contributed by atoms with E-state index in [2.05, 4.69) is 0 Å². The number of aliphatic hydroxyl groups is 19. The quantitative estimate of drug-likeness (QED) is 0.0365. The Morgan fingerprint density at radius 2 is 1.03 bits per heavy atom. The van der Waals surface area contributed by atoms with Gasteiger partial charge in [0.25, 0.3) is 0 Å². The van der Waals surface area contributed by atoms with E-state index < -0.39 is 222 Å². The first-order valence-corrected chi connectivity index (χ1v) is 26.8. The van der Waals surface area contributed by atoms with Crippen molar-refractivity contribution in [2.45, 2.75) is 236 Å². The molecule has 0 amide bonds. The highest BCUT2D eigenvalue weighted by Crippen LogP contribution is 2.45. The van der Waals surface area contributed by atoms with Crippen LogP contribution in [0.3, 0.4) is 0 Å². The zero-order chi connectivity index (χ0) is 56.4. The topological polar surface area (TPSA) is 466 Å². The van der Waals surface area contributed by atoms with E-state index in [9.17, 15) is 91.6 Å². The molecule has 0 bridgehead atoms. The van der Waals surface area contributed by atoms with Crippen molar-refractivity contribution in [2.75, 3.05) is 33.5 Å². The van der Waals surface area contributed by atoms with Crippen LogP contribution in [0.5, 0.6) is 0 Å². The zero-order valence-corrected chi connectivity index (χ0v) is 42.9. The molecule has 29 heteroatoms. The summed E-state index contributed by atoms with van der Waals surface area (Å²) in [5.41, 5.74) is 0. The molecule has 12 unspecified atom stereocenters. The van der Waals surface area contributed by atoms with Crippen LogP contribution in [0.1, 0.15) is 57.8 Å². The van der Waals surface area contributed by atoms with Gasteiger partial charge in [0.15, 0.2) is 37.4 Å². The van der Waals surface area contributed by atoms with Gasteiger partial charge >= 0.3 is 5.97 Å². The summed E-state index contributed by atoms with van der Waals surface area (Å²) in [5, 5.41) is 181. The number of carbonyl (C=O) groups is 1. The number of hydrogen-bond donors (Lipinski definition) is 17. The lowest BCUT2D eigenvalue weighted by Gasteiger charge is -2.51. The van der Waals surface area contributed by atoms with Crippen LogP contribution in [-0.2, 0) is 52.2 Å². The fourth-order valence-corrected chi connectivity index (χ4v) is 12.3. The van der Waals surface area contributed by atoms with Crippen molar-refractivity contribution in [2.24, 2.45) is 17.8 Å². The normalized spacial score (nSPS) is 51.5. The van der Waals surface area contributed by atoms with Gasteiger partial charge in [-0.25, -0.2) is 4.79 Å². The second-order valence-corrected chi connectivity index (χ2v) is 22.0. The largest absolute Gasteiger partial charge is 0.460 e. The van der Waals surface area contributed by atoms with E-state index in [-0.39, 0.29) is 44.4 Å². The average Bonchev–Trinajstić information content (AvgIpc) is 3.44. The Balaban J connectivity index is 0.999. The number of fused-ring (bicyclic) bond motifs is 1. The Labute approximate surface area is 447 Å². The number of carbonyl (C=O) groups excluding carboxylic acids is 1. The van der Waals surface area contributed by atoms with Crippen molar-refractivity contribution in [1.29, 1.82) is 0 Å². The number of aliphatic hydroxyl groups excluding tert-OH is 17. The van der Waals surface area contributed by atoms with Crippen LogP contribution in [0.2, 0.25) is 0 Å². The van der Waals surface area contributed by atoms with Crippen LogP contribution < -0.4 is 0 Å². The number of ether oxygens (including phenoxy) is 11. The zero-order valence-electron chi connectivity index (χ0n) is 42.9. The molecule has 0 radical (unpaired) electrons. The summed E-state index contributed by atoms with van der Waals surface area (Å²) in [6.07, 6.45) is -37.4. The molecule has 5 saturated heterocycles. The smallest absolute Gasteiger partial charge is 0.330 e. The number of allylic oxidation sites excluding steroid dienone is 1. The summed E-state index contributed by atoms with van der Waals surface area (Å²) in [7, 11) is 1.45. The van der Waals surface area contributed by atoms with Gasteiger partial charge in [0.2, 0.25) is 0 Å². The number of methoxy groups -OCH3 is 1. The molecule has 29 nitrogen and oxygen atoms in total. The van der Waals surface area contributed by atoms with Crippen LogP contribution >= 0.6 is 0 Å². The first-order chi connectivity index (χ1) is 37.2. The molecule has 0 aromatic carbocycles. The first-order valence-electron chi connectivity index (χ1n) is 26.8. The molecule has 8 aliphatic rings. The highest BCUT2D eigenvalue weighted by molar-refractivity contribution is 5.81. The summed E-state index contributed by atoms with van der Waals surface area (Å²) in [6, 6.07) is 0. The Morgan fingerprint density at radius 1 is 0.500 bits per heavy atom. The Bertz CT molecular complexity index is 1900. The Hall–Kier alpha value is -1.87. The molecular formula is C49H81O29+. The van der Waals surface area contributed by atoms with E-state index in [1.54, 1.807) is 0 Å². The van der Waals surface area contributed by atoms with Crippen molar-refractivity contribution in [1.82, 2.24) is 0 Å². The highest BCUT2D eigenvalue weighted by atomic mass is 16.8. The van der Waals surface area contributed by atoms with E-state index in [1.807, 2.05) is 0 Å². The van der Waals surface area contributed by atoms with Gasteiger partial charge < -0.3 is 139 Å². The van der Waals surface area contributed by atoms with Crippen molar-refractivity contribution in [3.63, 3.8) is 0 Å². The highest BCUT2D eigenvalue weighted by Gasteiger charge is 2.58. The van der Waals surface area contributed by atoms with Crippen LogP contribution in [0.25, 0.3) is 0 Å². The molecule has 450 valence electrons. The van der Waals surface area contributed by atoms with Gasteiger partial charge in [-0.15, -0.1) is 0 Å². The predicted octanol–water partition coefficient (Wildman–Crippen LogP) is -8.75. The Kier molecular flexibility index (Phi) is 21.7. The second kappa shape index (κ2) is 27.2. The monoisotopic (exact) mass is 1130 g/mol. The van der Waals surface area contributed by atoms with Gasteiger partial charge in [-0.3, -0.25) is 0 Å². The molecule has 78 heavy (non-hydrogen) atoms. The third kappa shape index (κ3) is 13.7. The van der Waals surface area contributed by atoms with Gasteiger partial charge in [-0.05, 0) is 50.9 Å². The molecule has 8 rings (SSSR count). The van der Waals surface area contributed by atoms with E-state index in [0.29, 0.717) is 19.3 Å². The molecule has 5 heterocycles. The number of rotatable bonds is 17. The van der Waals surface area contributed by atoms with Crippen LogP contribution in [-0.4, -0.2) is 309 Å². The van der Waals surface area contributed by atoms with E-state index in [4.69, 9.17) is 52.1 Å². The molecule has 8 fully saturated rings. The molecule has 18 N–H and O–H groups in total. The number of hydrogen-bond acceptors (Lipinski definition) is 28. The molecule has 0 aromatic rings. The first kappa shape index (κ1) is 62.2. The molecule has 5 aliphatic heterocycles. The van der Waals surface area contributed by atoms with Crippen molar-refractivity contribution >= 4 is 5.97 Å². The summed E-state index contributed by atoms with van der Waals surface area (Å²) < 4.78 is 64.2. The van der Waals surface area contributed by atoms with E-state index in [1.165, 1.54) is 13.2 Å². The van der Waals surface area contributed by atoms with Crippen molar-refractivity contribution < 1.29 is 144 Å². The maximum atomic E-state index is 13.3. The summed E-state index contributed by atoms with van der Waals surface area (Å²) in [6.45, 7) is -2.95. The lowest BCUT2D eigenvalue weighted by atomic mass is 9.72. The van der Waals surface area contributed by atoms with Crippen LogP contribution in [0.15, 0.2) is 12.2 Å². The van der Waals surface area contributed by atoms with Crippen molar-refractivity contribution in [3.05, 3.63) is 12.2 Å². The van der Waals surface area contributed by atoms with Gasteiger partial charge in [-0.1, -0.05) is 6.08 Å². The molecule has 32 atom stereocenters. The minimum Gasteiger partial charge on any atom is -0.460 e. The Morgan fingerprint density at radius 3 is 1.58 bits per heavy atom. The number of esters is 1. The lowest BCUT2D eigenvalue weighted by Crippen LogP contribution is -2.66. The molecule has 0 aromatic heterocycles. The molecule has 3 aliphatic carbocycles. The minimum absolute atomic E-state index is 0.0260. The summed E-state index contributed by atoms with van der Waals surface area (Å²) >= 11 is 0.